The Bertz CT molecular complexity index is 844. The molecular weight excluding hydrogens is 480 g/mol. The number of nitrogens with zero attached hydrogens (tertiary/aromatic N) is 1. The zero-order chi connectivity index (χ0) is 28.0. The molecule has 16 nitrogen and oxygen atoms in total. The van der Waals surface area contributed by atoms with Crippen molar-refractivity contribution in [3.8, 4) is 0 Å². The van der Waals surface area contributed by atoms with Crippen LogP contribution in [0.3, 0.4) is 0 Å². The van der Waals surface area contributed by atoms with E-state index in [1.165, 1.54) is 0 Å². The van der Waals surface area contributed by atoms with Gasteiger partial charge in [-0.05, 0) is 25.2 Å². The number of amides is 4. The Labute approximate surface area is 207 Å². The maximum atomic E-state index is 12.9. The van der Waals surface area contributed by atoms with Crippen LogP contribution in [0.1, 0.15) is 46.0 Å². The van der Waals surface area contributed by atoms with E-state index in [2.05, 4.69) is 20.9 Å². The van der Waals surface area contributed by atoms with Crippen molar-refractivity contribution < 1.29 is 39.0 Å². The molecule has 13 N–H and O–H groups in total. The zero-order valence-corrected chi connectivity index (χ0v) is 20.2. The smallest absolute Gasteiger partial charge is 0.326 e. The van der Waals surface area contributed by atoms with Crippen LogP contribution in [0.4, 0.5) is 0 Å². The molecule has 0 radical (unpaired) electrons. The number of carbonyl (C=O) groups excluding carboxylic acids is 4. The number of nitrogens with two attached hydrogens (primary N) is 4. The maximum Gasteiger partial charge on any atom is 0.326 e. The molecule has 0 bridgehead atoms. The van der Waals surface area contributed by atoms with Crippen LogP contribution < -0.4 is 38.9 Å². The fourth-order valence-corrected chi connectivity index (χ4v) is 2.98. The largest absolute Gasteiger partial charge is 0.481 e. The van der Waals surface area contributed by atoms with Crippen molar-refractivity contribution in [2.75, 3.05) is 6.54 Å². The number of carboxylic acids is 2. The molecule has 4 atom stereocenters. The highest BCUT2D eigenvalue weighted by atomic mass is 16.4. The molecule has 0 saturated carbocycles. The lowest BCUT2D eigenvalue weighted by Gasteiger charge is -2.25. The van der Waals surface area contributed by atoms with E-state index in [1.807, 2.05) is 0 Å². The number of carboxylic acid groups (broad SMARTS) is 2. The number of guanidine groups is 1. The summed E-state index contributed by atoms with van der Waals surface area (Å²) in [5, 5.41) is 25.4. The lowest BCUT2D eigenvalue weighted by atomic mass is 10.0. The molecule has 0 aromatic rings. The molecule has 4 amide bonds. The van der Waals surface area contributed by atoms with Gasteiger partial charge in [-0.2, -0.15) is 0 Å². The molecule has 0 aliphatic carbocycles. The first-order valence-corrected chi connectivity index (χ1v) is 11.1. The van der Waals surface area contributed by atoms with Crippen LogP contribution in [0.5, 0.6) is 0 Å². The van der Waals surface area contributed by atoms with Crippen LogP contribution >= 0.6 is 0 Å². The Hall–Kier alpha value is -3.95. The Kier molecular flexibility index (Phi) is 14.1. The highest BCUT2D eigenvalue weighted by Crippen LogP contribution is 2.08. The second-order valence-corrected chi connectivity index (χ2v) is 8.47. The van der Waals surface area contributed by atoms with Gasteiger partial charge in [0.15, 0.2) is 5.96 Å². The van der Waals surface area contributed by atoms with Gasteiger partial charge in [-0.15, -0.1) is 0 Å². The number of hydrogen-bond acceptors (Lipinski definition) is 8. The number of nitrogens with one attached hydrogen (secondary N) is 3. The minimum Gasteiger partial charge on any atom is -0.481 e. The molecule has 0 aromatic heterocycles. The minimum absolute atomic E-state index is 0.0740. The summed E-state index contributed by atoms with van der Waals surface area (Å²) in [6, 6.07) is -5.60. The van der Waals surface area contributed by atoms with Crippen molar-refractivity contribution in [1.82, 2.24) is 16.0 Å². The molecule has 16 heteroatoms. The van der Waals surface area contributed by atoms with Crippen molar-refractivity contribution in [3.63, 3.8) is 0 Å². The van der Waals surface area contributed by atoms with E-state index in [-0.39, 0.29) is 37.7 Å². The molecule has 0 heterocycles. The third-order valence-corrected chi connectivity index (χ3v) is 4.67. The standard InChI is InChI=1S/C20H36N8O8/c1-9(2)6-12(27-16(32)10(21)7-14(22)29)17(33)28-13(8-15(30)31)18(34)26-11(19(35)36)4-3-5-25-20(23)24/h9-13H,3-8,21H2,1-2H3,(H2,22,29)(H,26,34)(H,27,32)(H,28,33)(H,30,31)(H,35,36)(H4,23,24,25). The molecule has 204 valence electrons. The normalized spacial score (nSPS) is 14.0. The van der Waals surface area contributed by atoms with Gasteiger partial charge in [0.25, 0.3) is 0 Å². The van der Waals surface area contributed by atoms with Gasteiger partial charge in [0.2, 0.25) is 23.6 Å². The molecular formula is C20H36N8O8. The number of hydrogen-bond donors (Lipinski definition) is 9. The van der Waals surface area contributed by atoms with Gasteiger partial charge in [0.05, 0.1) is 18.9 Å². The van der Waals surface area contributed by atoms with E-state index in [4.69, 9.17) is 22.9 Å². The maximum absolute atomic E-state index is 12.9. The molecule has 4 unspecified atom stereocenters. The summed E-state index contributed by atoms with van der Waals surface area (Å²) in [5.74, 6) is -6.77. The molecule has 0 aliphatic rings. The van der Waals surface area contributed by atoms with E-state index in [9.17, 15) is 39.0 Å². The summed E-state index contributed by atoms with van der Waals surface area (Å²) in [5.41, 5.74) is 21.0. The highest BCUT2D eigenvalue weighted by molar-refractivity contribution is 5.96. The SMILES string of the molecule is CC(C)CC(NC(=O)C(N)CC(N)=O)C(=O)NC(CC(=O)O)C(=O)NC(CCCN=C(N)N)C(=O)O. The molecule has 36 heavy (non-hydrogen) atoms. The van der Waals surface area contributed by atoms with E-state index in [1.54, 1.807) is 13.8 Å². The summed E-state index contributed by atoms with van der Waals surface area (Å²) in [6.07, 6.45) is -1.12. The number of aliphatic imine (C=N–C) groups is 1. The van der Waals surface area contributed by atoms with Crippen molar-refractivity contribution in [1.29, 1.82) is 0 Å². The Morgan fingerprint density at radius 3 is 1.81 bits per heavy atom. The number of aliphatic carboxylic acids is 2. The van der Waals surface area contributed by atoms with Gasteiger partial charge >= 0.3 is 11.9 Å². The van der Waals surface area contributed by atoms with Crippen molar-refractivity contribution >= 4 is 41.5 Å². The molecule has 0 aromatic carbocycles. The van der Waals surface area contributed by atoms with Crippen LogP contribution in [-0.2, 0) is 28.8 Å². The fraction of sp³-hybridized carbons (Fsp3) is 0.650. The summed E-state index contributed by atoms with van der Waals surface area (Å²) < 4.78 is 0. The Morgan fingerprint density at radius 2 is 1.33 bits per heavy atom. The average molecular weight is 517 g/mol. The highest BCUT2D eigenvalue weighted by Gasteiger charge is 2.32. The third kappa shape index (κ3) is 13.7. The first-order valence-electron chi connectivity index (χ1n) is 11.1. The average Bonchev–Trinajstić information content (AvgIpc) is 2.73. The monoisotopic (exact) mass is 516 g/mol. The van der Waals surface area contributed by atoms with Gasteiger partial charge in [-0.3, -0.25) is 29.0 Å². The lowest BCUT2D eigenvalue weighted by molar-refractivity contribution is -0.143. The second-order valence-electron chi connectivity index (χ2n) is 8.47. The molecule has 0 fully saturated rings. The Balaban J connectivity index is 5.50. The topological polar surface area (TPSA) is 295 Å². The summed E-state index contributed by atoms with van der Waals surface area (Å²) in [7, 11) is 0. The van der Waals surface area contributed by atoms with Gasteiger partial charge in [0.1, 0.15) is 18.1 Å². The van der Waals surface area contributed by atoms with Gasteiger partial charge in [-0.1, -0.05) is 13.8 Å². The van der Waals surface area contributed by atoms with Crippen LogP contribution in [0.25, 0.3) is 0 Å². The molecule has 0 saturated heterocycles. The predicted molar refractivity (Wildman–Crippen MR) is 127 cm³/mol. The van der Waals surface area contributed by atoms with Gasteiger partial charge < -0.3 is 49.1 Å². The number of carbonyl (C=O) groups is 6. The quantitative estimate of drug-likeness (QED) is 0.0514. The third-order valence-electron chi connectivity index (χ3n) is 4.67. The van der Waals surface area contributed by atoms with E-state index in [0.29, 0.717) is 0 Å². The summed E-state index contributed by atoms with van der Waals surface area (Å²) >= 11 is 0. The first kappa shape index (κ1) is 32.0. The fourth-order valence-electron chi connectivity index (χ4n) is 2.98. The van der Waals surface area contributed by atoms with Crippen molar-refractivity contribution in [2.45, 2.75) is 70.1 Å². The van der Waals surface area contributed by atoms with Crippen LogP contribution in [0.2, 0.25) is 0 Å². The summed E-state index contributed by atoms with van der Waals surface area (Å²) in [6.45, 7) is 3.60. The van der Waals surface area contributed by atoms with Crippen LogP contribution in [0, 0.1) is 5.92 Å². The minimum atomic E-state index is -1.65. The van der Waals surface area contributed by atoms with E-state index in [0.717, 1.165) is 0 Å². The molecule has 0 rings (SSSR count). The van der Waals surface area contributed by atoms with Crippen molar-refractivity contribution in [3.05, 3.63) is 0 Å². The van der Waals surface area contributed by atoms with Crippen LogP contribution in [0.15, 0.2) is 4.99 Å². The number of rotatable bonds is 17. The number of primary amides is 1. The van der Waals surface area contributed by atoms with Crippen LogP contribution in [-0.4, -0.2) is 82.5 Å². The van der Waals surface area contributed by atoms with E-state index >= 15 is 0 Å². The second kappa shape index (κ2) is 15.9. The van der Waals surface area contributed by atoms with Crippen molar-refractivity contribution in [2.24, 2.45) is 33.8 Å². The molecule has 0 aliphatic heterocycles. The predicted octanol–water partition coefficient (Wildman–Crippen LogP) is -3.70. The van der Waals surface area contributed by atoms with E-state index < -0.39 is 72.6 Å². The lowest BCUT2D eigenvalue weighted by Crippen LogP contribution is -2.57. The zero-order valence-electron chi connectivity index (χ0n) is 20.2. The van der Waals surface area contributed by atoms with Gasteiger partial charge in [-0.25, -0.2) is 4.79 Å². The Morgan fingerprint density at radius 1 is 0.806 bits per heavy atom. The first-order chi connectivity index (χ1) is 16.6. The molecule has 0 spiro atoms. The van der Waals surface area contributed by atoms with Gasteiger partial charge in [0, 0.05) is 6.54 Å². The summed E-state index contributed by atoms with van der Waals surface area (Å²) in [4.78, 5) is 75.4.